The van der Waals surface area contributed by atoms with Gasteiger partial charge >= 0.3 is 0 Å². The minimum atomic E-state index is -0.259. The van der Waals surface area contributed by atoms with Crippen molar-refractivity contribution in [3.63, 3.8) is 0 Å². The number of carbonyl (C=O) groups is 1. The molecule has 0 radical (unpaired) electrons. The summed E-state index contributed by atoms with van der Waals surface area (Å²) in [5.74, 6) is 0.941. The van der Waals surface area contributed by atoms with Gasteiger partial charge in [-0.15, -0.1) is 0 Å². The molecule has 25 heavy (non-hydrogen) atoms. The first-order valence-electron chi connectivity index (χ1n) is 7.76. The molecule has 3 aromatic heterocycles. The summed E-state index contributed by atoms with van der Waals surface area (Å²) in [5.41, 5.74) is 2.38. The van der Waals surface area contributed by atoms with E-state index in [2.05, 4.69) is 20.4 Å². The largest absolute Gasteiger partial charge is 0.361 e. The van der Waals surface area contributed by atoms with E-state index in [1.165, 1.54) is 0 Å². The lowest BCUT2D eigenvalue weighted by Crippen LogP contribution is -2.13. The number of nitrogens with zero attached hydrogens (tertiary/aromatic N) is 3. The SMILES string of the molecule is Cc1cc(-c2ccc3cccc(C(=O)Nc4ccccn4)c3n2)no1. The summed E-state index contributed by atoms with van der Waals surface area (Å²) in [6.07, 6.45) is 1.63. The van der Waals surface area contributed by atoms with Gasteiger partial charge in [0, 0.05) is 17.6 Å². The Kier molecular flexibility index (Phi) is 3.70. The number of carbonyl (C=O) groups excluding carboxylic acids is 1. The van der Waals surface area contributed by atoms with E-state index < -0.39 is 0 Å². The fraction of sp³-hybridized carbons (Fsp3) is 0.0526. The van der Waals surface area contributed by atoms with Gasteiger partial charge in [0.25, 0.3) is 5.91 Å². The molecule has 122 valence electrons. The second-order valence-corrected chi connectivity index (χ2v) is 5.57. The Bertz CT molecular complexity index is 1060. The first kappa shape index (κ1) is 15.0. The van der Waals surface area contributed by atoms with Crippen molar-refractivity contribution in [3.8, 4) is 11.4 Å². The number of aryl methyl sites for hydroxylation is 1. The number of hydrogen-bond acceptors (Lipinski definition) is 5. The van der Waals surface area contributed by atoms with E-state index in [-0.39, 0.29) is 5.91 Å². The van der Waals surface area contributed by atoms with Gasteiger partial charge in [0.1, 0.15) is 17.3 Å². The van der Waals surface area contributed by atoms with Crippen LogP contribution in [0.2, 0.25) is 0 Å². The van der Waals surface area contributed by atoms with Gasteiger partial charge < -0.3 is 9.84 Å². The Morgan fingerprint density at radius 3 is 2.72 bits per heavy atom. The Morgan fingerprint density at radius 1 is 1.04 bits per heavy atom. The molecule has 0 saturated carbocycles. The predicted molar refractivity (Wildman–Crippen MR) is 94.2 cm³/mol. The third-order valence-electron chi connectivity index (χ3n) is 3.76. The van der Waals surface area contributed by atoms with E-state index in [1.807, 2.05) is 43.3 Å². The lowest BCUT2D eigenvalue weighted by atomic mass is 10.1. The fourth-order valence-corrected chi connectivity index (χ4v) is 2.58. The molecule has 1 N–H and O–H groups in total. The zero-order valence-corrected chi connectivity index (χ0v) is 13.4. The van der Waals surface area contributed by atoms with E-state index in [0.717, 1.165) is 5.39 Å². The number of amides is 1. The first-order valence-corrected chi connectivity index (χ1v) is 7.76. The molecule has 6 nitrogen and oxygen atoms in total. The molecule has 0 aliphatic rings. The Balaban J connectivity index is 1.76. The van der Waals surface area contributed by atoms with Gasteiger partial charge in [-0.2, -0.15) is 0 Å². The van der Waals surface area contributed by atoms with Gasteiger partial charge in [-0.25, -0.2) is 9.97 Å². The highest BCUT2D eigenvalue weighted by molar-refractivity contribution is 6.11. The van der Waals surface area contributed by atoms with E-state index >= 15 is 0 Å². The van der Waals surface area contributed by atoms with Gasteiger partial charge in [0.05, 0.1) is 16.8 Å². The highest BCUT2D eigenvalue weighted by atomic mass is 16.5. The van der Waals surface area contributed by atoms with Crippen LogP contribution >= 0.6 is 0 Å². The molecule has 6 heteroatoms. The second kappa shape index (κ2) is 6.16. The summed E-state index contributed by atoms with van der Waals surface area (Å²) >= 11 is 0. The molecule has 3 heterocycles. The van der Waals surface area contributed by atoms with Crippen LogP contribution < -0.4 is 5.32 Å². The molecule has 0 aliphatic carbocycles. The molecular weight excluding hydrogens is 316 g/mol. The van der Waals surface area contributed by atoms with Crippen LogP contribution in [0.15, 0.2) is 65.3 Å². The maximum absolute atomic E-state index is 12.7. The Hall–Kier alpha value is -3.54. The molecule has 0 saturated heterocycles. The predicted octanol–water partition coefficient (Wildman–Crippen LogP) is 3.85. The van der Waals surface area contributed by atoms with Crippen molar-refractivity contribution in [2.75, 3.05) is 5.32 Å². The van der Waals surface area contributed by atoms with Crippen LogP contribution in [-0.4, -0.2) is 21.0 Å². The van der Waals surface area contributed by atoms with Crippen LogP contribution in [0.1, 0.15) is 16.1 Å². The average Bonchev–Trinajstić information content (AvgIpc) is 3.08. The number of aromatic nitrogens is 3. The number of benzene rings is 1. The van der Waals surface area contributed by atoms with Crippen molar-refractivity contribution in [3.05, 3.63) is 72.1 Å². The molecule has 1 amide bonds. The fourth-order valence-electron chi connectivity index (χ4n) is 2.58. The average molecular weight is 330 g/mol. The zero-order valence-electron chi connectivity index (χ0n) is 13.4. The molecule has 0 aliphatic heterocycles. The number of nitrogens with one attached hydrogen (secondary N) is 1. The monoisotopic (exact) mass is 330 g/mol. The maximum atomic E-state index is 12.7. The standard InChI is InChI=1S/C19H14N4O2/c1-12-11-16(23-25-12)15-9-8-13-5-4-6-14(18(13)21-15)19(24)22-17-7-2-3-10-20-17/h2-11H,1H3,(H,20,22,24). The minimum absolute atomic E-state index is 0.259. The molecule has 0 spiro atoms. The van der Waals surface area contributed by atoms with Crippen molar-refractivity contribution in [1.29, 1.82) is 0 Å². The van der Waals surface area contributed by atoms with Gasteiger partial charge in [-0.05, 0) is 31.2 Å². The van der Waals surface area contributed by atoms with Gasteiger partial charge in [-0.3, -0.25) is 4.79 Å². The molecule has 0 fully saturated rings. The summed E-state index contributed by atoms with van der Waals surface area (Å²) in [6.45, 7) is 1.82. The number of anilines is 1. The minimum Gasteiger partial charge on any atom is -0.361 e. The topological polar surface area (TPSA) is 80.9 Å². The van der Waals surface area contributed by atoms with Crippen LogP contribution in [-0.2, 0) is 0 Å². The normalized spacial score (nSPS) is 10.8. The van der Waals surface area contributed by atoms with E-state index in [0.29, 0.717) is 34.0 Å². The van der Waals surface area contributed by atoms with Crippen LogP contribution in [0.5, 0.6) is 0 Å². The number of fused-ring (bicyclic) bond motifs is 1. The molecular formula is C19H14N4O2. The number of pyridine rings is 2. The number of hydrogen-bond donors (Lipinski definition) is 1. The maximum Gasteiger partial charge on any atom is 0.259 e. The van der Waals surface area contributed by atoms with E-state index in [9.17, 15) is 4.79 Å². The highest BCUT2D eigenvalue weighted by Crippen LogP contribution is 2.23. The molecule has 1 aromatic carbocycles. The zero-order chi connectivity index (χ0) is 17.2. The Labute approximate surface area is 143 Å². The van der Waals surface area contributed by atoms with Crippen LogP contribution in [0.4, 0.5) is 5.82 Å². The lowest BCUT2D eigenvalue weighted by molar-refractivity contribution is 0.102. The van der Waals surface area contributed by atoms with Gasteiger partial charge in [-0.1, -0.05) is 29.4 Å². The van der Waals surface area contributed by atoms with Crippen molar-refractivity contribution in [1.82, 2.24) is 15.1 Å². The first-order chi connectivity index (χ1) is 12.2. The third-order valence-corrected chi connectivity index (χ3v) is 3.76. The van der Waals surface area contributed by atoms with Crippen molar-refractivity contribution < 1.29 is 9.32 Å². The molecule has 0 atom stereocenters. The second-order valence-electron chi connectivity index (χ2n) is 5.57. The summed E-state index contributed by atoms with van der Waals surface area (Å²) in [6, 6.07) is 16.4. The lowest BCUT2D eigenvalue weighted by Gasteiger charge is -2.08. The quantitative estimate of drug-likeness (QED) is 0.617. The third kappa shape index (κ3) is 2.97. The summed E-state index contributed by atoms with van der Waals surface area (Å²) in [7, 11) is 0. The molecule has 4 aromatic rings. The molecule has 4 rings (SSSR count). The van der Waals surface area contributed by atoms with Crippen molar-refractivity contribution >= 4 is 22.6 Å². The summed E-state index contributed by atoms with van der Waals surface area (Å²) < 4.78 is 5.11. The summed E-state index contributed by atoms with van der Waals surface area (Å²) in [4.78, 5) is 21.4. The van der Waals surface area contributed by atoms with Crippen LogP contribution in [0.25, 0.3) is 22.3 Å². The van der Waals surface area contributed by atoms with Crippen molar-refractivity contribution in [2.24, 2.45) is 0 Å². The van der Waals surface area contributed by atoms with Gasteiger partial charge in [0.2, 0.25) is 0 Å². The van der Waals surface area contributed by atoms with Crippen LogP contribution in [0.3, 0.4) is 0 Å². The Morgan fingerprint density at radius 2 is 1.96 bits per heavy atom. The smallest absolute Gasteiger partial charge is 0.259 e. The number of para-hydroxylation sites is 1. The summed E-state index contributed by atoms with van der Waals surface area (Å²) in [5, 5.41) is 7.65. The van der Waals surface area contributed by atoms with Crippen molar-refractivity contribution in [2.45, 2.75) is 6.92 Å². The number of rotatable bonds is 3. The van der Waals surface area contributed by atoms with Gasteiger partial charge in [0.15, 0.2) is 0 Å². The highest BCUT2D eigenvalue weighted by Gasteiger charge is 2.14. The molecule has 0 unspecified atom stereocenters. The van der Waals surface area contributed by atoms with Crippen LogP contribution in [0, 0.1) is 6.92 Å². The molecule has 0 bridgehead atoms. The van der Waals surface area contributed by atoms with E-state index in [4.69, 9.17) is 4.52 Å². The van der Waals surface area contributed by atoms with E-state index in [1.54, 1.807) is 24.4 Å².